The first-order valence-corrected chi connectivity index (χ1v) is 6.64. The van der Waals surface area contributed by atoms with Crippen LogP contribution in [-0.4, -0.2) is 25.9 Å². The Kier molecular flexibility index (Phi) is 3.36. The molecule has 1 aromatic carbocycles. The van der Waals surface area contributed by atoms with Crippen LogP contribution < -0.4 is 14.8 Å². The molecule has 1 aliphatic rings. The Bertz CT molecular complexity index is 622. The summed E-state index contributed by atoms with van der Waals surface area (Å²) in [7, 11) is 3.30. The molecule has 106 valence electrons. The van der Waals surface area contributed by atoms with Gasteiger partial charge in [0, 0.05) is 12.6 Å². The summed E-state index contributed by atoms with van der Waals surface area (Å²) < 4.78 is 16.2. The summed E-state index contributed by atoms with van der Waals surface area (Å²) in [6.45, 7) is 2.82. The molecule has 0 radical (unpaired) electrons. The van der Waals surface area contributed by atoms with Crippen molar-refractivity contribution < 1.29 is 14.0 Å². The number of fused-ring (bicyclic) bond motifs is 1. The third kappa shape index (κ3) is 2.14. The molecule has 0 saturated carbocycles. The number of aryl methyl sites for hydroxylation is 1. The molecule has 5 heteroatoms. The van der Waals surface area contributed by atoms with Crippen LogP contribution in [0.15, 0.2) is 22.7 Å². The van der Waals surface area contributed by atoms with Gasteiger partial charge >= 0.3 is 0 Å². The van der Waals surface area contributed by atoms with Crippen molar-refractivity contribution in [3.05, 3.63) is 40.8 Å². The van der Waals surface area contributed by atoms with E-state index < -0.39 is 0 Å². The zero-order valence-electron chi connectivity index (χ0n) is 11.9. The molecule has 1 atom stereocenters. The van der Waals surface area contributed by atoms with Gasteiger partial charge in [0.2, 0.25) is 0 Å². The number of aromatic nitrogens is 1. The van der Waals surface area contributed by atoms with Crippen molar-refractivity contribution in [2.75, 3.05) is 20.8 Å². The summed E-state index contributed by atoms with van der Waals surface area (Å²) in [5, 5.41) is 7.43. The minimum Gasteiger partial charge on any atom is -0.493 e. The Labute approximate surface area is 117 Å². The third-order valence-corrected chi connectivity index (χ3v) is 3.63. The van der Waals surface area contributed by atoms with E-state index in [2.05, 4.69) is 10.5 Å². The van der Waals surface area contributed by atoms with Crippen molar-refractivity contribution in [3.63, 3.8) is 0 Å². The van der Waals surface area contributed by atoms with Crippen molar-refractivity contribution in [1.29, 1.82) is 0 Å². The molecule has 0 amide bonds. The molecule has 3 rings (SSSR count). The smallest absolute Gasteiger partial charge is 0.161 e. The Morgan fingerprint density at radius 2 is 1.95 bits per heavy atom. The van der Waals surface area contributed by atoms with Gasteiger partial charge in [-0.3, -0.25) is 0 Å². The molecule has 1 aromatic heterocycles. The predicted octanol–water partition coefficient (Wildman–Crippen LogP) is 2.24. The molecule has 2 aromatic rings. The van der Waals surface area contributed by atoms with Crippen LogP contribution in [0.25, 0.3) is 0 Å². The molecule has 5 nitrogen and oxygen atoms in total. The summed E-state index contributed by atoms with van der Waals surface area (Å²) in [5.41, 5.74) is 3.29. The lowest BCUT2D eigenvalue weighted by Gasteiger charge is -2.26. The highest BCUT2D eigenvalue weighted by molar-refractivity contribution is 5.50. The van der Waals surface area contributed by atoms with Gasteiger partial charge in [-0.25, -0.2) is 0 Å². The average molecular weight is 274 g/mol. The largest absolute Gasteiger partial charge is 0.493 e. The van der Waals surface area contributed by atoms with Gasteiger partial charge in [0.25, 0.3) is 0 Å². The summed E-state index contributed by atoms with van der Waals surface area (Å²) in [4.78, 5) is 0. The van der Waals surface area contributed by atoms with Gasteiger partial charge in [-0.05, 0) is 36.6 Å². The molecule has 1 N–H and O–H groups in total. The molecular formula is C15H18N2O3. The van der Waals surface area contributed by atoms with E-state index in [4.69, 9.17) is 14.0 Å². The number of hydrogen-bond acceptors (Lipinski definition) is 5. The standard InChI is InChI=1S/C15H18N2O3/c1-9-6-14(20-17-9)15-11-8-13(19-3)12(18-2)7-10(11)4-5-16-15/h6-8,15-16H,4-5H2,1-3H3/t15-/m1/s1. The fourth-order valence-corrected chi connectivity index (χ4v) is 2.66. The van der Waals surface area contributed by atoms with Crippen LogP contribution in [0.5, 0.6) is 11.5 Å². The molecule has 2 heterocycles. The second-order valence-electron chi connectivity index (χ2n) is 4.91. The van der Waals surface area contributed by atoms with Crippen LogP contribution in [0, 0.1) is 6.92 Å². The zero-order valence-corrected chi connectivity index (χ0v) is 11.9. The first-order valence-electron chi connectivity index (χ1n) is 6.64. The Morgan fingerprint density at radius 1 is 1.20 bits per heavy atom. The zero-order chi connectivity index (χ0) is 14.1. The monoisotopic (exact) mass is 274 g/mol. The molecule has 1 aliphatic heterocycles. The van der Waals surface area contributed by atoms with E-state index >= 15 is 0 Å². The summed E-state index contributed by atoms with van der Waals surface area (Å²) >= 11 is 0. The summed E-state index contributed by atoms with van der Waals surface area (Å²) in [5.74, 6) is 2.33. The SMILES string of the molecule is COc1cc2c(cc1OC)[C@H](c1cc(C)no1)NCC2. The number of ether oxygens (including phenoxy) is 2. The molecule has 0 spiro atoms. The van der Waals surface area contributed by atoms with E-state index in [1.165, 1.54) is 5.56 Å². The van der Waals surface area contributed by atoms with Gasteiger partial charge in [0.1, 0.15) is 0 Å². The molecule has 20 heavy (non-hydrogen) atoms. The number of methoxy groups -OCH3 is 2. The number of nitrogens with zero attached hydrogens (tertiary/aromatic N) is 1. The summed E-state index contributed by atoms with van der Waals surface area (Å²) in [6, 6.07) is 6.04. The summed E-state index contributed by atoms with van der Waals surface area (Å²) in [6.07, 6.45) is 0.958. The predicted molar refractivity (Wildman–Crippen MR) is 74.3 cm³/mol. The van der Waals surface area contributed by atoms with E-state index in [0.29, 0.717) is 0 Å². The van der Waals surface area contributed by atoms with Crippen molar-refractivity contribution in [2.45, 2.75) is 19.4 Å². The van der Waals surface area contributed by atoms with E-state index in [0.717, 1.165) is 41.5 Å². The van der Waals surface area contributed by atoms with E-state index in [1.54, 1.807) is 14.2 Å². The minimum atomic E-state index is 0.0137. The Hall–Kier alpha value is -2.01. The molecule has 0 aliphatic carbocycles. The first kappa shape index (κ1) is 13.0. The van der Waals surface area contributed by atoms with E-state index in [9.17, 15) is 0 Å². The molecular weight excluding hydrogens is 256 g/mol. The maximum Gasteiger partial charge on any atom is 0.161 e. The lowest BCUT2D eigenvalue weighted by Crippen LogP contribution is -2.30. The topological polar surface area (TPSA) is 56.5 Å². The highest BCUT2D eigenvalue weighted by Crippen LogP contribution is 2.37. The van der Waals surface area contributed by atoms with Gasteiger partial charge in [-0.15, -0.1) is 0 Å². The van der Waals surface area contributed by atoms with Crippen LogP contribution >= 0.6 is 0 Å². The van der Waals surface area contributed by atoms with Crippen LogP contribution in [0.1, 0.15) is 28.6 Å². The molecule has 0 unspecified atom stereocenters. The number of nitrogens with one attached hydrogen (secondary N) is 1. The fraction of sp³-hybridized carbons (Fsp3) is 0.400. The lowest BCUT2D eigenvalue weighted by molar-refractivity contribution is 0.340. The Morgan fingerprint density at radius 3 is 2.60 bits per heavy atom. The Balaban J connectivity index is 2.07. The number of rotatable bonds is 3. The highest BCUT2D eigenvalue weighted by atomic mass is 16.5. The van der Waals surface area contributed by atoms with E-state index in [-0.39, 0.29) is 6.04 Å². The molecule has 0 saturated heterocycles. The van der Waals surface area contributed by atoms with Gasteiger partial charge in [-0.2, -0.15) is 0 Å². The molecule has 0 fully saturated rings. The first-order chi connectivity index (χ1) is 9.72. The third-order valence-electron chi connectivity index (χ3n) is 3.63. The average Bonchev–Trinajstić information content (AvgIpc) is 2.91. The second-order valence-corrected chi connectivity index (χ2v) is 4.91. The maximum absolute atomic E-state index is 5.41. The van der Waals surface area contributed by atoms with Crippen molar-refractivity contribution >= 4 is 0 Å². The quantitative estimate of drug-likeness (QED) is 0.930. The molecule has 0 bridgehead atoms. The van der Waals surface area contributed by atoms with Crippen LogP contribution in [0.4, 0.5) is 0 Å². The minimum absolute atomic E-state index is 0.0137. The second kappa shape index (κ2) is 5.17. The van der Waals surface area contributed by atoms with Crippen LogP contribution in [0.3, 0.4) is 0 Å². The van der Waals surface area contributed by atoms with Crippen molar-refractivity contribution in [2.24, 2.45) is 0 Å². The van der Waals surface area contributed by atoms with Crippen LogP contribution in [-0.2, 0) is 6.42 Å². The van der Waals surface area contributed by atoms with Gasteiger partial charge in [-0.1, -0.05) is 5.16 Å². The van der Waals surface area contributed by atoms with E-state index in [1.807, 2.05) is 25.1 Å². The van der Waals surface area contributed by atoms with Crippen molar-refractivity contribution in [3.8, 4) is 11.5 Å². The number of hydrogen-bond donors (Lipinski definition) is 1. The van der Waals surface area contributed by atoms with Crippen molar-refractivity contribution in [1.82, 2.24) is 10.5 Å². The van der Waals surface area contributed by atoms with Crippen LogP contribution in [0.2, 0.25) is 0 Å². The maximum atomic E-state index is 5.41. The highest BCUT2D eigenvalue weighted by Gasteiger charge is 2.26. The van der Waals surface area contributed by atoms with Gasteiger partial charge in [0.15, 0.2) is 17.3 Å². The normalized spacial score (nSPS) is 17.6. The van der Waals surface area contributed by atoms with Gasteiger partial charge in [0.05, 0.1) is 26.0 Å². The fourth-order valence-electron chi connectivity index (χ4n) is 2.66. The number of benzene rings is 1. The lowest BCUT2D eigenvalue weighted by atomic mass is 9.92. The van der Waals surface area contributed by atoms with Gasteiger partial charge < -0.3 is 19.3 Å².